The molecule has 0 aliphatic carbocycles. The van der Waals surface area contributed by atoms with Crippen LogP contribution in [0, 0.1) is 12.7 Å². The number of rotatable bonds is 4. The fourth-order valence-corrected chi connectivity index (χ4v) is 1.85. The topological polar surface area (TPSA) is 45.1 Å². The Morgan fingerprint density at radius 1 is 1.21 bits per heavy atom. The monoisotopic (exact) mass is 260 g/mol. The zero-order valence-electron chi connectivity index (χ0n) is 11.0. The zero-order valence-corrected chi connectivity index (χ0v) is 11.0. The maximum Gasteiger partial charge on any atom is 0.138 e. The third kappa shape index (κ3) is 3.51. The van der Waals surface area contributed by atoms with Gasteiger partial charge in [-0.25, -0.2) is 4.39 Å². The van der Waals surface area contributed by atoms with Crippen LogP contribution in [0.4, 0.5) is 4.39 Å². The first-order valence-electron chi connectivity index (χ1n) is 6.20. The molecule has 1 aromatic carbocycles. The first-order chi connectivity index (χ1) is 9.06. The standard InChI is InChI=1S/C15H17FN2O/c1-10-3-8-15(19)14(18-10)9-17-11(2)12-4-6-13(16)7-5-12/h3-8,11,17,19H,9H2,1-2H3/t11-/m1/s1. The van der Waals surface area contributed by atoms with Crippen molar-refractivity contribution in [2.24, 2.45) is 0 Å². The maximum atomic E-state index is 12.8. The first kappa shape index (κ1) is 13.5. The highest BCUT2D eigenvalue weighted by Crippen LogP contribution is 2.17. The van der Waals surface area contributed by atoms with Crippen LogP contribution in [0.1, 0.15) is 29.9 Å². The summed E-state index contributed by atoms with van der Waals surface area (Å²) in [6.07, 6.45) is 0. The van der Waals surface area contributed by atoms with E-state index in [2.05, 4.69) is 10.3 Å². The van der Waals surface area contributed by atoms with Crippen molar-refractivity contribution in [3.8, 4) is 5.75 Å². The number of hydrogen-bond acceptors (Lipinski definition) is 3. The van der Waals surface area contributed by atoms with Gasteiger partial charge in [-0.15, -0.1) is 0 Å². The summed E-state index contributed by atoms with van der Waals surface area (Å²) < 4.78 is 12.8. The lowest BCUT2D eigenvalue weighted by molar-refractivity contribution is 0.454. The molecular weight excluding hydrogens is 243 g/mol. The predicted octanol–water partition coefficient (Wildman–Crippen LogP) is 3.09. The molecule has 0 aliphatic heterocycles. The van der Waals surface area contributed by atoms with Gasteiger partial charge >= 0.3 is 0 Å². The molecule has 0 bridgehead atoms. The normalized spacial score (nSPS) is 12.4. The molecule has 0 saturated carbocycles. The molecule has 0 fully saturated rings. The van der Waals surface area contributed by atoms with Crippen molar-refractivity contribution < 1.29 is 9.50 Å². The summed E-state index contributed by atoms with van der Waals surface area (Å²) in [4.78, 5) is 4.28. The summed E-state index contributed by atoms with van der Waals surface area (Å²) in [5.41, 5.74) is 2.48. The molecule has 0 unspecified atom stereocenters. The molecule has 2 rings (SSSR count). The second-order valence-corrected chi connectivity index (χ2v) is 4.57. The van der Waals surface area contributed by atoms with Crippen LogP contribution in [-0.4, -0.2) is 10.1 Å². The third-order valence-corrected chi connectivity index (χ3v) is 3.04. The molecule has 3 nitrogen and oxygen atoms in total. The van der Waals surface area contributed by atoms with Gasteiger partial charge in [0.1, 0.15) is 11.6 Å². The second kappa shape index (κ2) is 5.80. The maximum absolute atomic E-state index is 12.8. The van der Waals surface area contributed by atoms with Crippen molar-refractivity contribution in [1.82, 2.24) is 10.3 Å². The number of aromatic hydroxyl groups is 1. The summed E-state index contributed by atoms with van der Waals surface area (Å²) >= 11 is 0. The Balaban J connectivity index is 2.02. The van der Waals surface area contributed by atoms with E-state index in [0.717, 1.165) is 11.3 Å². The third-order valence-electron chi connectivity index (χ3n) is 3.04. The number of aromatic nitrogens is 1. The summed E-state index contributed by atoms with van der Waals surface area (Å²) in [6, 6.07) is 9.84. The Kier molecular flexibility index (Phi) is 4.12. The van der Waals surface area contributed by atoms with Crippen LogP contribution in [0.3, 0.4) is 0 Å². The Bertz CT molecular complexity index is 555. The van der Waals surface area contributed by atoms with Crippen molar-refractivity contribution >= 4 is 0 Å². The van der Waals surface area contributed by atoms with Gasteiger partial charge in [-0.1, -0.05) is 12.1 Å². The molecular formula is C15H17FN2O. The fourth-order valence-electron chi connectivity index (χ4n) is 1.85. The van der Waals surface area contributed by atoms with Crippen LogP contribution in [-0.2, 0) is 6.54 Å². The number of aryl methyl sites for hydroxylation is 1. The molecule has 1 heterocycles. The van der Waals surface area contributed by atoms with Crippen LogP contribution < -0.4 is 5.32 Å². The molecule has 0 radical (unpaired) electrons. The van der Waals surface area contributed by atoms with Gasteiger partial charge in [0.15, 0.2) is 0 Å². The van der Waals surface area contributed by atoms with Crippen molar-refractivity contribution in [2.45, 2.75) is 26.4 Å². The van der Waals surface area contributed by atoms with Crippen LogP contribution in [0.5, 0.6) is 5.75 Å². The zero-order chi connectivity index (χ0) is 13.8. The Morgan fingerprint density at radius 2 is 1.89 bits per heavy atom. The fraction of sp³-hybridized carbons (Fsp3) is 0.267. The molecule has 2 N–H and O–H groups in total. The molecule has 19 heavy (non-hydrogen) atoms. The van der Waals surface area contributed by atoms with E-state index in [-0.39, 0.29) is 17.6 Å². The summed E-state index contributed by atoms with van der Waals surface area (Å²) in [7, 11) is 0. The van der Waals surface area contributed by atoms with Gasteiger partial charge in [0.05, 0.1) is 5.69 Å². The van der Waals surface area contributed by atoms with Gasteiger partial charge in [0, 0.05) is 18.3 Å². The first-order valence-corrected chi connectivity index (χ1v) is 6.20. The van der Waals surface area contributed by atoms with Crippen molar-refractivity contribution in [3.05, 3.63) is 59.2 Å². The number of benzene rings is 1. The van der Waals surface area contributed by atoms with Gasteiger partial charge in [-0.3, -0.25) is 4.98 Å². The number of halogens is 1. The van der Waals surface area contributed by atoms with Gasteiger partial charge in [-0.05, 0) is 43.7 Å². The molecule has 0 saturated heterocycles. The highest BCUT2D eigenvalue weighted by Gasteiger charge is 2.08. The summed E-state index contributed by atoms with van der Waals surface area (Å²) in [5, 5.41) is 13.0. The number of pyridine rings is 1. The average molecular weight is 260 g/mol. The molecule has 0 spiro atoms. The molecule has 1 atom stereocenters. The van der Waals surface area contributed by atoms with Crippen LogP contribution in [0.25, 0.3) is 0 Å². The lowest BCUT2D eigenvalue weighted by atomic mass is 10.1. The molecule has 4 heteroatoms. The molecule has 0 amide bonds. The highest BCUT2D eigenvalue weighted by atomic mass is 19.1. The second-order valence-electron chi connectivity index (χ2n) is 4.57. The predicted molar refractivity (Wildman–Crippen MR) is 72.3 cm³/mol. The van der Waals surface area contributed by atoms with Crippen molar-refractivity contribution in [2.75, 3.05) is 0 Å². The van der Waals surface area contributed by atoms with Crippen molar-refractivity contribution in [3.63, 3.8) is 0 Å². The van der Waals surface area contributed by atoms with E-state index in [4.69, 9.17) is 0 Å². The number of nitrogens with zero attached hydrogens (tertiary/aromatic N) is 1. The Morgan fingerprint density at radius 3 is 2.58 bits per heavy atom. The quantitative estimate of drug-likeness (QED) is 0.888. The number of nitrogens with one attached hydrogen (secondary N) is 1. The minimum atomic E-state index is -0.242. The van der Waals surface area contributed by atoms with E-state index < -0.39 is 0 Å². The van der Waals surface area contributed by atoms with E-state index in [1.54, 1.807) is 24.3 Å². The average Bonchev–Trinajstić information content (AvgIpc) is 2.40. The van der Waals surface area contributed by atoms with Crippen molar-refractivity contribution in [1.29, 1.82) is 0 Å². The molecule has 0 aliphatic rings. The van der Waals surface area contributed by atoms with E-state index in [1.165, 1.54) is 12.1 Å². The molecule has 100 valence electrons. The van der Waals surface area contributed by atoms with E-state index in [0.29, 0.717) is 12.2 Å². The minimum Gasteiger partial charge on any atom is -0.506 e. The van der Waals surface area contributed by atoms with Gasteiger partial charge in [0.2, 0.25) is 0 Å². The summed E-state index contributed by atoms with van der Waals surface area (Å²) in [5.74, 6) is -0.0571. The van der Waals surface area contributed by atoms with Crippen LogP contribution in [0.2, 0.25) is 0 Å². The highest BCUT2D eigenvalue weighted by molar-refractivity contribution is 5.28. The van der Waals surface area contributed by atoms with Crippen LogP contribution in [0.15, 0.2) is 36.4 Å². The smallest absolute Gasteiger partial charge is 0.138 e. The molecule has 1 aromatic heterocycles. The number of hydrogen-bond donors (Lipinski definition) is 2. The van der Waals surface area contributed by atoms with Gasteiger partial charge in [0.25, 0.3) is 0 Å². The lowest BCUT2D eigenvalue weighted by Crippen LogP contribution is -2.19. The van der Waals surface area contributed by atoms with Crippen LogP contribution >= 0.6 is 0 Å². The molecule has 2 aromatic rings. The van der Waals surface area contributed by atoms with E-state index in [9.17, 15) is 9.50 Å². The summed E-state index contributed by atoms with van der Waals surface area (Å²) in [6.45, 7) is 4.33. The lowest BCUT2D eigenvalue weighted by Gasteiger charge is -2.14. The Hall–Kier alpha value is -1.94. The minimum absolute atomic E-state index is 0.0577. The van der Waals surface area contributed by atoms with E-state index in [1.807, 2.05) is 13.8 Å². The van der Waals surface area contributed by atoms with E-state index >= 15 is 0 Å². The Labute approximate surface area is 112 Å². The largest absolute Gasteiger partial charge is 0.506 e. The van der Waals surface area contributed by atoms with Gasteiger partial charge < -0.3 is 10.4 Å². The SMILES string of the molecule is Cc1ccc(O)c(CN[C@H](C)c2ccc(F)cc2)n1. The van der Waals surface area contributed by atoms with Gasteiger partial charge in [-0.2, -0.15) is 0 Å².